The third-order valence-electron chi connectivity index (χ3n) is 4.78. The lowest BCUT2D eigenvalue weighted by Gasteiger charge is -2.46. The number of amides is 3. The van der Waals surface area contributed by atoms with Crippen LogP contribution >= 0.6 is 0 Å². The highest BCUT2D eigenvalue weighted by Crippen LogP contribution is 2.29. The minimum absolute atomic E-state index is 0.0672. The number of rotatable bonds is 5. The topological polar surface area (TPSA) is 116 Å². The van der Waals surface area contributed by atoms with Crippen LogP contribution < -0.4 is 5.32 Å². The van der Waals surface area contributed by atoms with Crippen LogP contribution in [-0.2, 0) is 14.3 Å². The van der Waals surface area contributed by atoms with E-state index in [4.69, 9.17) is 4.74 Å². The summed E-state index contributed by atoms with van der Waals surface area (Å²) in [4.78, 5) is 50.4. The van der Waals surface area contributed by atoms with E-state index in [2.05, 4.69) is 5.32 Å². The summed E-state index contributed by atoms with van der Waals surface area (Å²) in [7, 11) is 0. The number of carboxylic acid groups (broad SMARTS) is 1. The summed E-state index contributed by atoms with van der Waals surface area (Å²) in [6.07, 6.45) is -0.513. The standard InChI is InChI=1S/C18H21N3O6/c1-18(2)21(17(26)27-18)10-14(22)20-9-12(8-13(20)16(24)25)19-15(23)11-6-4-3-5-7-11/h3-7,12-13H,8-10H2,1-2H3,(H,19,23)(H,24,25)/t12-,13+/m1/s1. The van der Waals surface area contributed by atoms with E-state index >= 15 is 0 Å². The van der Waals surface area contributed by atoms with Gasteiger partial charge in [-0.1, -0.05) is 18.2 Å². The SMILES string of the molecule is CC1(C)OC(=O)N1CC(=O)N1C[C@H](NC(=O)c2ccccc2)C[C@H]1C(=O)O. The van der Waals surface area contributed by atoms with Crippen molar-refractivity contribution < 1.29 is 29.0 Å². The Hall–Kier alpha value is -3.10. The summed E-state index contributed by atoms with van der Waals surface area (Å²) in [5, 5.41) is 12.2. The highest BCUT2D eigenvalue weighted by molar-refractivity contribution is 5.94. The van der Waals surface area contributed by atoms with Gasteiger partial charge in [-0.3, -0.25) is 14.5 Å². The van der Waals surface area contributed by atoms with Crippen molar-refractivity contribution >= 4 is 23.9 Å². The summed E-state index contributed by atoms with van der Waals surface area (Å²) in [6, 6.07) is 7.01. The van der Waals surface area contributed by atoms with Gasteiger partial charge in [0.2, 0.25) is 5.91 Å². The third-order valence-corrected chi connectivity index (χ3v) is 4.78. The van der Waals surface area contributed by atoms with Crippen LogP contribution in [0.5, 0.6) is 0 Å². The second-order valence-corrected chi connectivity index (χ2v) is 7.07. The van der Waals surface area contributed by atoms with Crippen LogP contribution in [-0.4, -0.2) is 69.7 Å². The molecule has 2 N–H and O–H groups in total. The van der Waals surface area contributed by atoms with Gasteiger partial charge in [0, 0.05) is 24.6 Å². The molecule has 2 aliphatic rings. The number of aliphatic carboxylic acids is 1. The first-order valence-electron chi connectivity index (χ1n) is 8.58. The second-order valence-electron chi connectivity index (χ2n) is 7.07. The maximum absolute atomic E-state index is 12.6. The molecule has 0 radical (unpaired) electrons. The van der Waals surface area contributed by atoms with Crippen LogP contribution in [0.25, 0.3) is 0 Å². The quantitative estimate of drug-likeness (QED) is 0.781. The van der Waals surface area contributed by atoms with E-state index in [0.717, 1.165) is 0 Å². The highest BCUT2D eigenvalue weighted by atomic mass is 16.6. The number of carboxylic acids is 1. The van der Waals surface area contributed by atoms with Gasteiger partial charge in [-0.25, -0.2) is 9.59 Å². The fourth-order valence-electron chi connectivity index (χ4n) is 3.29. The Kier molecular flexibility index (Phi) is 4.77. The van der Waals surface area contributed by atoms with Gasteiger partial charge in [-0.05, 0) is 26.0 Å². The molecule has 3 amide bonds. The van der Waals surface area contributed by atoms with Gasteiger partial charge >= 0.3 is 12.1 Å². The van der Waals surface area contributed by atoms with E-state index in [9.17, 15) is 24.3 Å². The van der Waals surface area contributed by atoms with Gasteiger partial charge in [0.1, 0.15) is 12.6 Å². The molecular formula is C18H21N3O6. The van der Waals surface area contributed by atoms with Gasteiger partial charge in [-0.15, -0.1) is 0 Å². The number of nitrogens with zero attached hydrogens (tertiary/aromatic N) is 2. The van der Waals surface area contributed by atoms with Crippen molar-refractivity contribution in [1.29, 1.82) is 0 Å². The lowest BCUT2D eigenvalue weighted by molar-refractivity contribution is -0.173. The Bertz CT molecular complexity index is 779. The molecule has 2 atom stereocenters. The van der Waals surface area contributed by atoms with E-state index in [1.54, 1.807) is 44.2 Å². The van der Waals surface area contributed by atoms with Crippen LogP contribution in [0.2, 0.25) is 0 Å². The fraction of sp³-hybridized carbons (Fsp3) is 0.444. The van der Waals surface area contributed by atoms with Crippen molar-refractivity contribution in [2.75, 3.05) is 13.1 Å². The molecule has 2 saturated heterocycles. The zero-order chi connectivity index (χ0) is 19.8. The molecule has 0 aliphatic carbocycles. The van der Waals surface area contributed by atoms with Crippen molar-refractivity contribution in [2.45, 2.75) is 38.1 Å². The summed E-state index contributed by atoms with van der Waals surface area (Å²) in [5.41, 5.74) is -0.439. The Morgan fingerprint density at radius 1 is 1.26 bits per heavy atom. The Labute approximate surface area is 155 Å². The smallest absolute Gasteiger partial charge is 0.415 e. The van der Waals surface area contributed by atoms with Gasteiger partial charge < -0.3 is 20.1 Å². The van der Waals surface area contributed by atoms with Gasteiger partial charge in [0.25, 0.3) is 5.91 Å². The molecule has 0 saturated carbocycles. The first kappa shape index (κ1) is 18.7. The lowest BCUT2D eigenvalue weighted by atomic mass is 10.1. The predicted molar refractivity (Wildman–Crippen MR) is 92.7 cm³/mol. The Balaban J connectivity index is 1.66. The van der Waals surface area contributed by atoms with Gasteiger partial charge in [0.15, 0.2) is 5.72 Å². The van der Waals surface area contributed by atoms with E-state index in [1.165, 1.54) is 9.80 Å². The maximum atomic E-state index is 12.6. The minimum atomic E-state index is -1.15. The monoisotopic (exact) mass is 375 g/mol. The molecule has 9 nitrogen and oxygen atoms in total. The number of hydrogen-bond acceptors (Lipinski definition) is 5. The number of cyclic esters (lactones) is 1. The van der Waals surface area contributed by atoms with Gasteiger partial charge in [-0.2, -0.15) is 0 Å². The first-order chi connectivity index (χ1) is 12.7. The molecule has 0 aromatic heterocycles. The molecule has 9 heteroatoms. The molecule has 2 aliphatic heterocycles. The molecule has 0 spiro atoms. The Morgan fingerprint density at radius 3 is 2.48 bits per heavy atom. The normalized spacial score (nSPS) is 23.4. The molecule has 1 aromatic rings. The molecule has 0 unspecified atom stereocenters. The average Bonchev–Trinajstić information content (AvgIpc) is 3.04. The van der Waals surface area contributed by atoms with Crippen molar-refractivity contribution in [1.82, 2.24) is 15.1 Å². The largest absolute Gasteiger partial charge is 0.480 e. The molecular weight excluding hydrogens is 354 g/mol. The first-order valence-corrected chi connectivity index (χ1v) is 8.58. The second kappa shape index (κ2) is 6.90. The van der Waals surface area contributed by atoms with E-state index < -0.39 is 35.8 Å². The van der Waals surface area contributed by atoms with Crippen LogP contribution in [0, 0.1) is 0 Å². The number of carbonyl (C=O) groups is 4. The Morgan fingerprint density at radius 2 is 1.93 bits per heavy atom. The highest BCUT2D eigenvalue weighted by Gasteiger charge is 2.49. The number of nitrogens with one attached hydrogen (secondary N) is 1. The molecule has 2 fully saturated rings. The average molecular weight is 375 g/mol. The van der Waals surface area contributed by atoms with Crippen LogP contribution in [0.4, 0.5) is 4.79 Å². The van der Waals surface area contributed by atoms with E-state index in [0.29, 0.717) is 5.56 Å². The third kappa shape index (κ3) is 3.71. The van der Waals surface area contributed by atoms with Crippen molar-refractivity contribution in [3.8, 4) is 0 Å². The number of carbonyl (C=O) groups excluding carboxylic acids is 3. The van der Waals surface area contributed by atoms with Crippen molar-refractivity contribution in [3.63, 3.8) is 0 Å². The summed E-state index contributed by atoms with van der Waals surface area (Å²) in [6.45, 7) is 3.08. The summed E-state index contributed by atoms with van der Waals surface area (Å²) < 4.78 is 4.94. The zero-order valence-electron chi connectivity index (χ0n) is 15.0. The molecule has 3 rings (SSSR count). The summed E-state index contributed by atoms with van der Waals surface area (Å²) >= 11 is 0. The van der Waals surface area contributed by atoms with Crippen LogP contribution in [0.15, 0.2) is 30.3 Å². The maximum Gasteiger partial charge on any atom is 0.415 e. The number of hydrogen-bond donors (Lipinski definition) is 2. The van der Waals surface area contributed by atoms with Gasteiger partial charge in [0.05, 0.1) is 0 Å². The fourth-order valence-corrected chi connectivity index (χ4v) is 3.29. The number of benzene rings is 1. The predicted octanol–water partition coefficient (Wildman–Crippen LogP) is 0.659. The summed E-state index contributed by atoms with van der Waals surface area (Å²) in [5.74, 6) is -1.97. The molecule has 2 heterocycles. The van der Waals surface area contributed by atoms with E-state index in [-0.39, 0.29) is 25.4 Å². The van der Waals surface area contributed by atoms with Crippen LogP contribution in [0.1, 0.15) is 30.6 Å². The number of ether oxygens (including phenoxy) is 1. The lowest BCUT2D eigenvalue weighted by Crippen LogP contribution is -2.64. The van der Waals surface area contributed by atoms with E-state index in [1.807, 2.05) is 0 Å². The molecule has 27 heavy (non-hydrogen) atoms. The number of likely N-dealkylation sites (tertiary alicyclic amines) is 1. The zero-order valence-corrected chi connectivity index (χ0v) is 15.0. The van der Waals surface area contributed by atoms with Crippen molar-refractivity contribution in [3.05, 3.63) is 35.9 Å². The molecule has 1 aromatic carbocycles. The minimum Gasteiger partial charge on any atom is -0.480 e. The van der Waals surface area contributed by atoms with Crippen LogP contribution in [0.3, 0.4) is 0 Å². The van der Waals surface area contributed by atoms with Crippen molar-refractivity contribution in [2.24, 2.45) is 0 Å². The molecule has 144 valence electrons. The molecule has 0 bridgehead atoms.